The Morgan fingerprint density at radius 1 is 1.32 bits per heavy atom. The number of nitrogens with one attached hydrogen (secondary N) is 1. The lowest BCUT2D eigenvalue weighted by atomic mass is 10.0. The Bertz CT molecular complexity index is 643. The molecule has 0 fully saturated rings. The average Bonchev–Trinajstić information content (AvgIpc) is 2.95. The first-order valence-electron chi connectivity index (χ1n) is 7.75. The molecule has 0 saturated heterocycles. The Morgan fingerprint density at radius 2 is 2.14 bits per heavy atom. The normalized spacial score (nSPS) is 13.5. The smallest absolute Gasteiger partial charge is 0.264 e. The van der Waals surface area contributed by atoms with Gasteiger partial charge in [0.2, 0.25) is 0 Å². The van der Waals surface area contributed by atoms with Crippen molar-refractivity contribution < 1.29 is 9.53 Å². The summed E-state index contributed by atoms with van der Waals surface area (Å²) in [4.78, 5) is 17.9. The van der Waals surface area contributed by atoms with Crippen molar-refractivity contribution in [3.8, 4) is 5.75 Å². The summed E-state index contributed by atoms with van der Waals surface area (Å²) in [5, 5.41) is 3.55. The number of nitrogens with zero attached hydrogens (tertiary/aromatic N) is 1. The van der Waals surface area contributed by atoms with Gasteiger partial charge in [0, 0.05) is 4.88 Å². The molecule has 2 aromatic rings. The second-order valence-electron chi connectivity index (χ2n) is 5.39. The number of thiazole rings is 1. The van der Waals surface area contributed by atoms with Gasteiger partial charge in [0.15, 0.2) is 11.7 Å². The van der Waals surface area contributed by atoms with Gasteiger partial charge < -0.3 is 4.74 Å². The van der Waals surface area contributed by atoms with Crippen molar-refractivity contribution in [1.82, 2.24) is 4.98 Å². The summed E-state index contributed by atoms with van der Waals surface area (Å²) in [7, 11) is 0. The van der Waals surface area contributed by atoms with Crippen LogP contribution in [0.25, 0.3) is 0 Å². The lowest BCUT2D eigenvalue weighted by molar-refractivity contribution is -0.118. The molecule has 1 aliphatic rings. The molecule has 0 bridgehead atoms. The van der Waals surface area contributed by atoms with Crippen LogP contribution in [0.3, 0.4) is 0 Å². The molecule has 0 saturated carbocycles. The van der Waals surface area contributed by atoms with E-state index in [-0.39, 0.29) is 12.5 Å². The number of para-hydroxylation sites is 1. The van der Waals surface area contributed by atoms with Crippen LogP contribution in [0.15, 0.2) is 24.3 Å². The molecule has 0 atom stereocenters. The molecule has 1 aromatic heterocycles. The summed E-state index contributed by atoms with van der Waals surface area (Å²) >= 11 is 1.59. The standard InChI is InChI=1S/C17H20N2O2S/c1-2-12-7-3-5-9-14(12)21-11-16(20)19-17-18-13-8-4-6-10-15(13)22-17/h3,5,7,9H,2,4,6,8,10-11H2,1H3,(H,18,19,20). The van der Waals surface area contributed by atoms with Gasteiger partial charge in [-0.2, -0.15) is 0 Å². The third-order valence-electron chi connectivity index (χ3n) is 3.80. The van der Waals surface area contributed by atoms with E-state index in [1.165, 1.54) is 17.7 Å². The number of amides is 1. The minimum atomic E-state index is -0.156. The predicted molar refractivity (Wildman–Crippen MR) is 88.7 cm³/mol. The number of hydrogen-bond acceptors (Lipinski definition) is 4. The number of rotatable bonds is 5. The molecule has 1 aliphatic carbocycles. The van der Waals surface area contributed by atoms with Crippen molar-refractivity contribution in [2.24, 2.45) is 0 Å². The van der Waals surface area contributed by atoms with Crippen LogP contribution in [0.1, 0.15) is 35.9 Å². The third-order valence-corrected chi connectivity index (χ3v) is 4.88. The first kappa shape index (κ1) is 15.0. The molecule has 116 valence electrons. The fourth-order valence-corrected chi connectivity index (χ4v) is 3.71. The van der Waals surface area contributed by atoms with Crippen LogP contribution in [-0.4, -0.2) is 17.5 Å². The van der Waals surface area contributed by atoms with Crippen molar-refractivity contribution in [3.63, 3.8) is 0 Å². The van der Waals surface area contributed by atoms with Gasteiger partial charge in [-0.15, -0.1) is 11.3 Å². The van der Waals surface area contributed by atoms with E-state index in [1.807, 2.05) is 24.3 Å². The molecule has 1 amide bonds. The number of anilines is 1. The van der Waals surface area contributed by atoms with Gasteiger partial charge in [0.05, 0.1) is 5.69 Å². The lowest BCUT2D eigenvalue weighted by Gasteiger charge is -2.09. The van der Waals surface area contributed by atoms with Crippen LogP contribution >= 0.6 is 11.3 Å². The third kappa shape index (κ3) is 3.47. The highest BCUT2D eigenvalue weighted by molar-refractivity contribution is 7.15. The summed E-state index contributed by atoms with van der Waals surface area (Å²) in [6.07, 6.45) is 5.42. The van der Waals surface area contributed by atoms with Crippen LogP contribution in [0.2, 0.25) is 0 Å². The maximum Gasteiger partial charge on any atom is 0.264 e. The zero-order valence-corrected chi connectivity index (χ0v) is 13.5. The number of benzene rings is 1. The largest absolute Gasteiger partial charge is 0.483 e. The SMILES string of the molecule is CCc1ccccc1OCC(=O)Nc1nc2c(s1)CCCC2. The fourth-order valence-electron chi connectivity index (χ4n) is 2.64. The highest BCUT2D eigenvalue weighted by Crippen LogP contribution is 2.29. The molecular formula is C17H20N2O2S. The molecular weight excluding hydrogens is 296 g/mol. The van der Waals surface area contributed by atoms with E-state index in [4.69, 9.17) is 4.74 Å². The molecule has 0 radical (unpaired) electrons. The quantitative estimate of drug-likeness (QED) is 0.917. The van der Waals surface area contributed by atoms with Crippen LogP contribution in [0, 0.1) is 0 Å². The highest BCUT2D eigenvalue weighted by Gasteiger charge is 2.16. The van der Waals surface area contributed by atoms with E-state index >= 15 is 0 Å². The van der Waals surface area contributed by atoms with Crippen molar-refractivity contribution in [3.05, 3.63) is 40.4 Å². The monoisotopic (exact) mass is 316 g/mol. The van der Waals surface area contributed by atoms with Crippen LogP contribution in [0.5, 0.6) is 5.75 Å². The van der Waals surface area contributed by atoms with Crippen molar-refractivity contribution in [2.45, 2.75) is 39.0 Å². The van der Waals surface area contributed by atoms with E-state index in [2.05, 4.69) is 17.2 Å². The first-order chi connectivity index (χ1) is 10.8. The Labute approximate surface area is 134 Å². The molecule has 3 rings (SSSR count). The van der Waals surface area contributed by atoms with Crippen LogP contribution in [-0.2, 0) is 24.1 Å². The van der Waals surface area contributed by atoms with Crippen LogP contribution in [0.4, 0.5) is 5.13 Å². The van der Waals surface area contributed by atoms with Crippen molar-refractivity contribution in [2.75, 3.05) is 11.9 Å². The van der Waals surface area contributed by atoms with E-state index in [0.717, 1.165) is 36.3 Å². The second kappa shape index (κ2) is 6.92. The molecule has 0 unspecified atom stereocenters. The van der Waals surface area contributed by atoms with E-state index < -0.39 is 0 Å². The van der Waals surface area contributed by atoms with Crippen molar-refractivity contribution in [1.29, 1.82) is 0 Å². The van der Waals surface area contributed by atoms with E-state index in [9.17, 15) is 4.79 Å². The Kier molecular flexibility index (Phi) is 4.73. The zero-order chi connectivity index (χ0) is 15.4. The summed E-state index contributed by atoms with van der Waals surface area (Å²) in [5.74, 6) is 0.621. The average molecular weight is 316 g/mol. The molecule has 0 spiro atoms. The molecule has 1 heterocycles. The molecule has 22 heavy (non-hydrogen) atoms. The van der Waals surface area contributed by atoms with Gasteiger partial charge in [-0.3, -0.25) is 10.1 Å². The Balaban J connectivity index is 1.57. The number of aromatic nitrogens is 1. The van der Waals surface area contributed by atoms with Crippen LogP contribution < -0.4 is 10.1 Å². The minimum Gasteiger partial charge on any atom is -0.483 e. The number of carbonyl (C=O) groups is 1. The van der Waals surface area contributed by atoms with Gasteiger partial charge in [0.1, 0.15) is 5.75 Å². The second-order valence-corrected chi connectivity index (χ2v) is 6.48. The number of carbonyl (C=O) groups excluding carboxylic acids is 1. The Hall–Kier alpha value is -1.88. The number of ether oxygens (including phenoxy) is 1. The fraction of sp³-hybridized carbons (Fsp3) is 0.412. The first-order valence-corrected chi connectivity index (χ1v) is 8.57. The number of fused-ring (bicyclic) bond motifs is 1. The zero-order valence-electron chi connectivity index (χ0n) is 12.7. The van der Waals surface area contributed by atoms with Crippen molar-refractivity contribution >= 4 is 22.4 Å². The maximum atomic E-state index is 12.0. The maximum absolute atomic E-state index is 12.0. The van der Waals surface area contributed by atoms with Gasteiger partial charge in [-0.1, -0.05) is 25.1 Å². The number of aryl methyl sites for hydroxylation is 3. The number of hydrogen-bond donors (Lipinski definition) is 1. The molecule has 1 N–H and O–H groups in total. The van der Waals surface area contributed by atoms with Gasteiger partial charge in [0.25, 0.3) is 5.91 Å². The predicted octanol–water partition coefficient (Wildman–Crippen LogP) is 3.60. The molecule has 1 aromatic carbocycles. The summed E-state index contributed by atoms with van der Waals surface area (Å²) < 4.78 is 5.63. The van der Waals surface area contributed by atoms with E-state index in [1.54, 1.807) is 11.3 Å². The molecule has 4 nitrogen and oxygen atoms in total. The molecule has 0 aliphatic heterocycles. The highest BCUT2D eigenvalue weighted by atomic mass is 32.1. The van der Waals surface area contributed by atoms with E-state index in [0.29, 0.717) is 5.13 Å². The molecule has 5 heteroatoms. The lowest BCUT2D eigenvalue weighted by Crippen LogP contribution is -2.20. The summed E-state index contributed by atoms with van der Waals surface area (Å²) in [6.45, 7) is 2.09. The minimum absolute atomic E-state index is 0.0151. The summed E-state index contributed by atoms with van der Waals surface area (Å²) in [5.41, 5.74) is 2.27. The topological polar surface area (TPSA) is 51.2 Å². The summed E-state index contributed by atoms with van der Waals surface area (Å²) in [6, 6.07) is 7.81. The van der Waals surface area contributed by atoms with Gasteiger partial charge in [-0.25, -0.2) is 4.98 Å². The Morgan fingerprint density at radius 3 is 2.95 bits per heavy atom. The van der Waals surface area contributed by atoms with Gasteiger partial charge in [-0.05, 0) is 43.7 Å². The van der Waals surface area contributed by atoms with Gasteiger partial charge >= 0.3 is 0 Å².